The van der Waals surface area contributed by atoms with E-state index in [4.69, 9.17) is 0 Å². The van der Waals surface area contributed by atoms with Crippen LogP contribution in [0.2, 0.25) is 0 Å². The number of sulfonamides is 1. The van der Waals surface area contributed by atoms with Crippen LogP contribution in [-0.2, 0) is 16.6 Å². The number of nitro benzene ring substituents is 1. The Balaban J connectivity index is 0.00000420. The second kappa shape index (κ2) is 11.4. The SMILES string of the molecule is CN=C(NCCNS(=O)(=O)c1cccc([N+](=O)[O-])c1)N(C)Cc1csc(C)n1.I. The molecule has 0 saturated heterocycles. The minimum Gasteiger partial charge on any atom is -0.355 e. The number of aryl methyl sites for hydroxylation is 1. The molecule has 1 aromatic carbocycles. The quantitative estimate of drug-likeness (QED) is 0.127. The average Bonchev–Trinajstić information content (AvgIpc) is 3.06. The van der Waals surface area contributed by atoms with Gasteiger partial charge < -0.3 is 10.2 Å². The molecule has 0 aliphatic heterocycles. The molecular formula is C16H23IN6O4S2. The highest BCUT2D eigenvalue weighted by Gasteiger charge is 2.17. The fraction of sp³-hybridized carbons (Fsp3) is 0.375. The van der Waals surface area contributed by atoms with Gasteiger partial charge in [0.15, 0.2) is 5.96 Å². The zero-order valence-electron chi connectivity index (χ0n) is 16.2. The highest BCUT2D eigenvalue weighted by molar-refractivity contribution is 14.0. The summed E-state index contributed by atoms with van der Waals surface area (Å²) in [6.07, 6.45) is 0. The van der Waals surface area contributed by atoms with Gasteiger partial charge in [0.2, 0.25) is 10.0 Å². The lowest BCUT2D eigenvalue weighted by atomic mass is 10.3. The van der Waals surface area contributed by atoms with Crippen molar-refractivity contribution in [3.63, 3.8) is 0 Å². The van der Waals surface area contributed by atoms with Crippen molar-refractivity contribution in [2.45, 2.75) is 18.4 Å². The number of nitro groups is 1. The van der Waals surface area contributed by atoms with E-state index in [0.717, 1.165) is 16.8 Å². The Bertz CT molecular complexity index is 964. The van der Waals surface area contributed by atoms with Gasteiger partial charge in [-0.05, 0) is 13.0 Å². The summed E-state index contributed by atoms with van der Waals surface area (Å²) >= 11 is 1.57. The van der Waals surface area contributed by atoms with E-state index in [-0.39, 0.29) is 41.1 Å². The molecule has 0 unspecified atom stereocenters. The van der Waals surface area contributed by atoms with Gasteiger partial charge in [-0.1, -0.05) is 6.07 Å². The van der Waals surface area contributed by atoms with E-state index >= 15 is 0 Å². The van der Waals surface area contributed by atoms with Crippen LogP contribution in [-0.4, -0.2) is 56.4 Å². The molecule has 10 nitrogen and oxygen atoms in total. The number of aromatic nitrogens is 1. The third-order valence-electron chi connectivity index (χ3n) is 3.68. The van der Waals surface area contributed by atoms with Gasteiger partial charge >= 0.3 is 0 Å². The van der Waals surface area contributed by atoms with Crippen molar-refractivity contribution in [3.8, 4) is 0 Å². The van der Waals surface area contributed by atoms with Gasteiger partial charge in [0, 0.05) is 44.7 Å². The predicted molar refractivity (Wildman–Crippen MR) is 123 cm³/mol. The van der Waals surface area contributed by atoms with Crippen LogP contribution < -0.4 is 10.0 Å². The smallest absolute Gasteiger partial charge is 0.270 e. The Morgan fingerprint density at radius 1 is 1.38 bits per heavy atom. The number of nitrogens with one attached hydrogen (secondary N) is 2. The molecule has 160 valence electrons. The Morgan fingerprint density at radius 2 is 2.10 bits per heavy atom. The van der Waals surface area contributed by atoms with E-state index in [2.05, 4.69) is 20.0 Å². The molecule has 0 radical (unpaired) electrons. The fourth-order valence-electron chi connectivity index (χ4n) is 2.39. The summed E-state index contributed by atoms with van der Waals surface area (Å²) in [5.74, 6) is 0.597. The molecule has 1 aromatic heterocycles. The van der Waals surface area contributed by atoms with Gasteiger partial charge in [-0.15, -0.1) is 35.3 Å². The van der Waals surface area contributed by atoms with Crippen LogP contribution in [0.4, 0.5) is 5.69 Å². The Hall–Kier alpha value is -1.84. The first kappa shape index (κ1) is 25.2. The van der Waals surface area contributed by atoms with Crippen LogP contribution in [0.25, 0.3) is 0 Å². The first-order chi connectivity index (χ1) is 13.2. The van der Waals surface area contributed by atoms with Crippen molar-refractivity contribution in [1.82, 2.24) is 19.9 Å². The zero-order valence-corrected chi connectivity index (χ0v) is 20.1. The highest BCUT2D eigenvalue weighted by Crippen LogP contribution is 2.16. The summed E-state index contributed by atoms with van der Waals surface area (Å²) in [7, 11) is -0.348. The highest BCUT2D eigenvalue weighted by atomic mass is 127. The van der Waals surface area contributed by atoms with E-state index in [0.29, 0.717) is 19.0 Å². The van der Waals surface area contributed by atoms with Crippen LogP contribution in [0.3, 0.4) is 0 Å². The molecule has 2 rings (SSSR count). The standard InChI is InChI=1S/C16H22N6O4S2.HI/c1-12-20-13(11-27-12)10-21(3)16(17-2)18-7-8-19-28(25,26)15-6-4-5-14(9-15)22(23)24;/h4-6,9,11,19H,7-8,10H2,1-3H3,(H,17,18);1H. The maximum atomic E-state index is 12.3. The monoisotopic (exact) mass is 554 g/mol. The molecule has 13 heteroatoms. The lowest BCUT2D eigenvalue weighted by Gasteiger charge is -2.21. The number of halogens is 1. The van der Waals surface area contributed by atoms with E-state index in [9.17, 15) is 18.5 Å². The largest absolute Gasteiger partial charge is 0.355 e. The van der Waals surface area contributed by atoms with Crippen molar-refractivity contribution in [2.75, 3.05) is 27.2 Å². The molecule has 0 bridgehead atoms. The van der Waals surface area contributed by atoms with Gasteiger partial charge in [-0.25, -0.2) is 18.1 Å². The third-order valence-corrected chi connectivity index (χ3v) is 5.96. The number of thiazole rings is 1. The third kappa shape index (κ3) is 7.49. The van der Waals surface area contributed by atoms with Gasteiger partial charge in [-0.3, -0.25) is 15.1 Å². The van der Waals surface area contributed by atoms with E-state index in [1.807, 2.05) is 24.3 Å². The fourth-order valence-corrected chi connectivity index (χ4v) is 4.07. The van der Waals surface area contributed by atoms with Crippen molar-refractivity contribution < 1.29 is 13.3 Å². The molecule has 0 aliphatic carbocycles. The molecule has 0 atom stereocenters. The van der Waals surface area contributed by atoms with Crippen molar-refractivity contribution >= 4 is 57.0 Å². The summed E-state index contributed by atoms with van der Waals surface area (Å²) in [6.45, 7) is 2.90. The molecule has 1 heterocycles. The number of guanidine groups is 1. The number of rotatable bonds is 8. The maximum absolute atomic E-state index is 12.3. The molecule has 2 N–H and O–H groups in total. The molecular weight excluding hydrogens is 531 g/mol. The zero-order chi connectivity index (χ0) is 20.7. The summed E-state index contributed by atoms with van der Waals surface area (Å²) in [5.41, 5.74) is 0.652. The first-order valence-corrected chi connectivity index (χ1v) is 10.7. The van der Waals surface area contributed by atoms with Crippen LogP contribution in [0.15, 0.2) is 39.5 Å². The van der Waals surface area contributed by atoms with Crippen molar-refractivity contribution in [1.29, 1.82) is 0 Å². The Morgan fingerprint density at radius 3 is 2.69 bits per heavy atom. The first-order valence-electron chi connectivity index (χ1n) is 8.30. The lowest BCUT2D eigenvalue weighted by Crippen LogP contribution is -2.42. The minimum atomic E-state index is -3.84. The number of benzene rings is 1. The molecule has 0 saturated carbocycles. The topological polar surface area (TPSA) is 130 Å². The summed E-state index contributed by atoms with van der Waals surface area (Å²) in [4.78, 5) is 20.5. The van der Waals surface area contributed by atoms with Crippen LogP contribution in [0, 0.1) is 17.0 Å². The van der Waals surface area contributed by atoms with Gasteiger partial charge in [0.05, 0.1) is 27.1 Å². The Kier molecular flexibility index (Phi) is 9.88. The predicted octanol–water partition coefficient (Wildman–Crippen LogP) is 1.96. The molecule has 2 aromatic rings. The summed E-state index contributed by atoms with van der Waals surface area (Å²) < 4.78 is 27.0. The van der Waals surface area contributed by atoms with Gasteiger partial charge in [0.1, 0.15) is 0 Å². The molecule has 0 aliphatic rings. The normalized spacial score (nSPS) is 11.6. The van der Waals surface area contributed by atoms with E-state index < -0.39 is 14.9 Å². The minimum absolute atomic E-state index is 0. The number of hydrogen-bond acceptors (Lipinski definition) is 7. The van der Waals surface area contributed by atoms with E-state index in [1.165, 1.54) is 18.2 Å². The van der Waals surface area contributed by atoms with Crippen LogP contribution in [0.1, 0.15) is 10.7 Å². The van der Waals surface area contributed by atoms with Gasteiger partial charge in [0.25, 0.3) is 5.69 Å². The maximum Gasteiger partial charge on any atom is 0.270 e. The molecule has 0 amide bonds. The Labute approximate surface area is 190 Å². The van der Waals surface area contributed by atoms with Crippen molar-refractivity contribution in [3.05, 3.63) is 50.5 Å². The summed E-state index contributed by atoms with van der Waals surface area (Å²) in [5, 5.41) is 16.8. The lowest BCUT2D eigenvalue weighted by molar-refractivity contribution is -0.385. The second-order valence-corrected chi connectivity index (χ2v) is 8.67. The molecule has 29 heavy (non-hydrogen) atoms. The van der Waals surface area contributed by atoms with Gasteiger partial charge in [-0.2, -0.15) is 0 Å². The van der Waals surface area contributed by atoms with Crippen LogP contribution in [0.5, 0.6) is 0 Å². The number of aliphatic imine (C=N–C) groups is 1. The number of hydrogen-bond donors (Lipinski definition) is 2. The number of nitrogens with zero attached hydrogens (tertiary/aromatic N) is 4. The average molecular weight is 554 g/mol. The van der Waals surface area contributed by atoms with E-state index in [1.54, 1.807) is 18.4 Å². The van der Waals surface area contributed by atoms with Crippen molar-refractivity contribution in [2.24, 2.45) is 4.99 Å². The van der Waals surface area contributed by atoms with Crippen LogP contribution >= 0.6 is 35.3 Å². The molecule has 0 spiro atoms. The molecule has 0 fully saturated rings. The number of non-ortho nitro benzene ring substituents is 1. The second-order valence-electron chi connectivity index (χ2n) is 5.84. The summed E-state index contributed by atoms with van der Waals surface area (Å²) in [6, 6.07) is 4.91.